The molecule has 1 atom stereocenters. The van der Waals surface area contributed by atoms with Crippen molar-refractivity contribution in [3.05, 3.63) is 71.0 Å². The minimum absolute atomic E-state index is 0.142. The van der Waals surface area contributed by atoms with Gasteiger partial charge >= 0.3 is 0 Å². The maximum absolute atomic E-state index is 13.4. The fourth-order valence-electron chi connectivity index (χ4n) is 4.82. The number of benzene rings is 2. The van der Waals surface area contributed by atoms with E-state index in [0.29, 0.717) is 50.3 Å². The summed E-state index contributed by atoms with van der Waals surface area (Å²) in [6.07, 6.45) is 0.644. The molecule has 35 heavy (non-hydrogen) atoms. The second kappa shape index (κ2) is 9.71. The molecule has 182 valence electrons. The number of ether oxygens (including phenoxy) is 2. The molecular formula is C27H30N4O4. The molecule has 0 spiro atoms. The van der Waals surface area contributed by atoms with Crippen LogP contribution >= 0.6 is 0 Å². The quantitative estimate of drug-likeness (QED) is 0.625. The van der Waals surface area contributed by atoms with E-state index in [1.165, 1.54) is 0 Å². The average Bonchev–Trinajstić information content (AvgIpc) is 2.90. The lowest BCUT2D eigenvalue weighted by atomic mass is 9.82. The van der Waals surface area contributed by atoms with E-state index in [9.17, 15) is 9.59 Å². The van der Waals surface area contributed by atoms with Crippen molar-refractivity contribution in [1.29, 1.82) is 0 Å². The Morgan fingerprint density at radius 3 is 2.43 bits per heavy atom. The van der Waals surface area contributed by atoms with Crippen LogP contribution in [0.1, 0.15) is 40.2 Å². The highest BCUT2D eigenvalue weighted by Crippen LogP contribution is 2.32. The first-order valence-electron chi connectivity index (χ1n) is 12.1. The maximum atomic E-state index is 13.4. The van der Waals surface area contributed by atoms with Gasteiger partial charge in [0, 0.05) is 25.3 Å². The number of hydrogen-bond donors (Lipinski definition) is 1. The van der Waals surface area contributed by atoms with Gasteiger partial charge in [-0.2, -0.15) is 0 Å². The van der Waals surface area contributed by atoms with Crippen LogP contribution in [0.15, 0.2) is 48.5 Å². The average molecular weight is 475 g/mol. The van der Waals surface area contributed by atoms with Crippen LogP contribution in [0.5, 0.6) is 0 Å². The van der Waals surface area contributed by atoms with Crippen LogP contribution in [-0.4, -0.2) is 65.7 Å². The van der Waals surface area contributed by atoms with Crippen molar-refractivity contribution in [2.24, 2.45) is 0 Å². The smallest absolute Gasteiger partial charge is 0.254 e. The highest BCUT2D eigenvalue weighted by molar-refractivity contribution is 5.97. The molecule has 0 bridgehead atoms. The van der Waals surface area contributed by atoms with Crippen LogP contribution in [0.3, 0.4) is 0 Å². The Hall–Kier alpha value is -3.36. The highest BCUT2D eigenvalue weighted by atomic mass is 16.5. The monoisotopic (exact) mass is 474 g/mol. The van der Waals surface area contributed by atoms with Gasteiger partial charge in [-0.05, 0) is 50.5 Å². The molecule has 2 saturated heterocycles. The lowest BCUT2D eigenvalue weighted by Gasteiger charge is -2.40. The molecule has 2 aliphatic heterocycles. The molecule has 2 fully saturated rings. The first-order valence-corrected chi connectivity index (χ1v) is 12.1. The number of amides is 2. The number of morpholine rings is 1. The Morgan fingerprint density at radius 2 is 1.69 bits per heavy atom. The summed E-state index contributed by atoms with van der Waals surface area (Å²) < 4.78 is 11.4. The Kier molecular flexibility index (Phi) is 6.49. The largest absolute Gasteiger partial charge is 0.381 e. The second-order valence-electron chi connectivity index (χ2n) is 9.26. The van der Waals surface area contributed by atoms with Gasteiger partial charge in [-0.15, -0.1) is 0 Å². The minimum atomic E-state index is -0.735. The summed E-state index contributed by atoms with van der Waals surface area (Å²) in [5.41, 5.74) is 4.24. The van der Waals surface area contributed by atoms with Gasteiger partial charge in [0.25, 0.3) is 11.8 Å². The van der Waals surface area contributed by atoms with E-state index in [1.54, 1.807) is 17.0 Å². The molecule has 8 nitrogen and oxygen atoms in total. The summed E-state index contributed by atoms with van der Waals surface area (Å²) in [7, 11) is 0. The number of nitrogens with zero attached hydrogens (tertiary/aromatic N) is 3. The fourth-order valence-corrected chi connectivity index (χ4v) is 4.82. The van der Waals surface area contributed by atoms with Crippen LogP contribution in [0, 0.1) is 13.8 Å². The van der Waals surface area contributed by atoms with Gasteiger partial charge in [0.1, 0.15) is 0 Å². The van der Waals surface area contributed by atoms with Gasteiger partial charge in [-0.25, -0.2) is 9.97 Å². The molecule has 8 heteroatoms. The predicted molar refractivity (Wildman–Crippen MR) is 131 cm³/mol. The number of hydrogen-bond acceptors (Lipinski definition) is 6. The third-order valence-corrected chi connectivity index (χ3v) is 7.00. The Labute approximate surface area is 204 Å². The molecule has 3 aromatic rings. The van der Waals surface area contributed by atoms with Crippen molar-refractivity contribution < 1.29 is 19.1 Å². The number of carbonyl (C=O) groups excluding carboxylic acids is 2. The topological polar surface area (TPSA) is 93.7 Å². The van der Waals surface area contributed by atoms with Crippen molar-refractivity contribution in [2.75, 3.05) is 32.9 Å². The van der Waals surface area contributed by atoms with Gasteiger partial charge in [0.2, 0.25) is 0 Å². The lowest BCUT2D eigenvalue weighted by Crippen LogP contribution is -2.57. The first-order chi connectivity index (χ1) is 16.9. The van der Waals surface area contributed by atoms with Gasteiger partial charge in [-0.3, -0.25) is 9.59 Å². The molecule has 0 saturated carbocycles. The molecule has 0 aliphatic carbocycles. The zero-order chi connectivity index (χ0) is 24.4. The van der Waals surface area contributed by atoms with Crippen LogP contribution < -0.4 is 5.32 Å². The first kappa shape index (κ1) is 23.4. The summed E-state index contributed by atoms with van der Waals surface area (Å²) in [5.74, 6) is -0.347. The van der Waals surface area contributed by atoms with Gasteiger partial charge in [0.05, 0.1) is 41.1 Å². The number of nitrogens with one attached hydrogen (secondary N) is 1. The van der Waals surface area contributed by atoms with Gasteiger partial charge in [-0.1, -0.05) is 30.3 Å². The Bertz CT molecular complexity index is 1240. The Morgan fingerprint density at radius 1 is 0.971 bits per heavy atom. The third kappa shape index (κ3) is 4.76. The zero-order valence-electron chi connectivity index (χ0n) is 20.1. The van der Waals surface area contributed by atoms with E-state index < -0.39 is 11.6 Å². The maximum Gasteiger partial charge on any atom is 0.254 e. The molecule has 1 aromatic heterocycles. The van der Waals surface area contributed by atoms with Crippen LogP contribution in [0.4, 0.5) is 0 Å². The number of fused-ring (bicyclic) bond motifs is 1. The molecule has 2 aliphatic rings. The predicted octanol–water partition coefficient (Wildman–Crippen LogP) is 2.91. The van der Waals surface area contributed by atoms with E-state index in [2.05, 4.69) is 15.3 Å². The second-order valence-corrected chi connectivity index (χ2v) is 9.26. The standard InChI is InChI=1S/C27H30N4O4/c1-18-19(2)29-23-16-20(8-9-22(23)28-18)26(33)31-12-15-35-24(17-31)25(32)30-27(10-13-34-14-11-27)21-6-4-3-5-7-21/h3-9,16,24H,10-15,17H2,1-2H3,(H,30,32). The molecule has 1 N–H and O–H groups in total. The minimum Gasteiger partial charge on any atom is -0.381 e. The van der Waals surface area contributed by atoms with E-state index in [1.807, 2.05) is 50.2 Å². The molecule has 3 heterocycles. The summed E-state index contributed by atoms with van der Waals surface area (Å²) in [6.45, 7) is 5.91. The molecule has 5 rings (SSSR count). The van der Waals surface area contributed by atoms with Crippen molar-refractivity contribution in [3.8, 4) is 0 Å². The van der Waals surface area contributed by atoms with E-state index >= 15 is 0 Å². The van der Waals surface area contributed by atoms with Gasteiger partial charge < -0.3 is 19.7 Å². The third-order valence-electron chi connectivity index (χ3n) is 7.00. The van der Waals surface area contributed by atoms with Crippen molar-refractivity contribution in [2.45, 2.75) is 38.3 Å². The van der Waals surface area contributed by atoms with Crippen molar-refractivity contribution in [3.63, 3.8) is 0 Å². The highest BCUT2D eigenvalue weighted by Gasteiger charge is 2.39. The van der Waals surface area contributed by atoms with Crippen LogP contribution in [0.25, 0.3) is 11.0 Å². The van der Waals surface area contributed by atoms with Crippen molar-refractivity contribution >= 4 is 22.8 Å². The molecular weight excluding hydrogens is 444 g/mol. The van der Waals surface area contributed by atoms with Gasteiger partial charge in [0.15, 0.2) is 6.10 Å². The normalized spacial score (nSPS) is 19.9. The summed E-state index contributed by atoms with van der Waals surface area (Å²) >= 11 is 0. The van der Waals surface area contributed by atoms with Crippen LogP contribution in [0.2, 0.25) is 0 Å². The number of carbonyl (C=O) groups is 2. The molecule has 2 amide bonds. The lowest BCUT2D eigenvalue weighted by molar-refractivity contribution is -0.140. The molecule has 0 radical (unpaired) electrons. The number of rotatable bonds is 4. The van der Waals surface area contributed by atoms with Crippen molar-refractivity contribution in [1.82, 2.24) is 20.2 Å². The summed E-state index contributed by atoms with van der Waals surface area (Å²) in [4.78, 5) is 37.5. The van der Waals surface area contributed by atoms with E-state index in [-0.39, 0.29) is 18.4 Å². The SMILES string of the molecule is Cc1nc2ccc(C(=O)N3CCOC(C(=O)NC4(c5ccccc5)CCOCC4)C3)cc2nc1C. The fraction of sp³-hybridized carbons (Fsp3) is 0.407. The summed E-state index contributed by atoms with van der Waals surface area (Å²) in [6, 6.07) is 15.4. The van der Waals surface area contributed by atoms with E-state index in [0.717, 1.165) is 22.5 Å². The summed E-state index contributed by atoms with van der Waals surface area (Å²) in [5, 5.41) is 3.25. The van der Waals surface area contributed by atoms with Crippen LogP contribution in [-0.2, 0) is 19.8 Å². The molecule has 2 aromatic carbocycles. The number of aryl methyl sites for hydroxylation is 2. The Balaban J connectivity index is 1.32. The molecule has 1 unspecified atom stereocenters. The zero-order valence-corrected chi connectivity index (χ0v) is 20.1. The van der Waals surface area contributed by atoms with E-state index in [4.69, 9.17) is 9.47 Å². The number of aromatic nitrogens is 2.